The van der Waals surface area contributed by atoms with Crippen LogP contribution >= 0.6 is 11.3 Å². The lowest BCUT2D eigenvalue weighted by Crippen LogP contribution is -2.38. The van der Waals surface area contributed by atoms with Crippen molar-refractivity contribution < 1.29 is 13.9 Å². The van der Waals surface area contributed by atoms with Crippen LogP contribution in [0.4, 0.5) is 10.6 Å². The summed E-state index contributed by atoms with van der Waals surface area (Å²) < 4.78 is 11.6. The fraction of sp³-hybridized carbons (Fsp3) is 0.429. The van der Waals surface area contributed by atoms with E-state index in [1.807, 2.05) is 52.8 Å². The number of nitriles is 1. The molecule has 8 nitrogen and oxygen atoms in total. The number of carbonyl (C=O) groups excluding carboxylic acids is 1. The molecule has 0 saturated heterocycles. The molecule has 158 valence electrons. The molecular formula is C21H25N5O3S. The summed E-state index contributed by atoms with van der Waals surface area (Å²) in [5, 5.41) is 15.4. The van der Waals surface area contributed by atoms with E-state index in [1.165, 1.54) is 0 Å². The molecule has 3 rings (SSSR count). The zero-order valence-electron chi connectivity index (χ0n) is 17.7. The topological polar surface area (TPSA) is 113 Å². The van der Waals surface area contributed by atoms with Crippen LogP contribution in [0.2, 0.25) is 0 Å². The van der Waals surface area contributed by atoms with Crippen LogP contribution in [0.25, 0.3) is 10.2 Å². The maximum absolute atomic E-state index is 12.0. The van der Waals surface area contributed by atoms with Gasteiger partial charge in [0.1, 0.15) is 23.2 Å². The molecule has 0 fully saturated rings. The van der Waals surface area contributed by atoms with Gasteiger partial charge in [0.2, 0.25) is 5.82 Å². The average Bonchev–Trinajstić information content (AvgIpc) is 3.27. The summed E-state index contributed by atoms with van der Waals surface area (Å²) in [4.78, 5) is 21.8. The number of aryl methyl sites for hydroxylation is 1. The Morgan fingerprint density at radius 3 is 2.80 bits per heavy atom. The van der Waals surface area contributed by atoms with Crippen molar-refractivity contribution in [2.45, 2.75) is 59.2 Å². The van der Waals surface area contributed by atoms with E-state index in [0.717, 1.165) is 26.4 Å². The number of aromatic nitrogens is 2. The van der Waals surface area contributed by atoms with Gasteiger partial charge in [-0.1, -0.05) is 0 Å². The van der Waals surface area contributed by atoms with Gasteiger partial charge in [0, 0.05) is 17.3 Å². The van der Waals surface area contributed by atoms with Gasteiger partial charge < -0.3 is 19.8 Å². The van der Waals surface area contributed by atoms with Crippen LogP contribution in [0.15, 0.2) is 22.8 Å². The van der Waals surface area contributed by atoms with Gasteiger partial charge in [-0.3, -0.25) is 0 Å². The van der Waals surface area contributed by atoms with Gasteiger partial charge in [0.05, 0.1) is 23.0 Å². The van der Waals surface area contributed by atoms with Crippen molar-refractivity contribution in [3.05, 3.63) is 40.4 Å². The number of anilines is 1. The molecule has 0 radical (unpaired) electrons. The number of furan rings is 1. The van der Waals surface area contributed by atoms with E-state index in [4.69, 9.17) is 9.15 Å². The predicted molar refractivity (Wildman–Crippen MR) is 115 cm³/mol. The lowest BCUT2D eigenvalue weighted by atomic mass is 10.1. The maximum Gasteiger partial charge on any atom is 0.407 e. The number of nitrogens with one attached hydrogen (secondary N) is 2. The van der Waals surface area contributed by atoms with Gasteiger partial charge in [-0.05, 0) is 52.3 Å². The molecule has 3 heterocycles. The first kappa shape index (κ1) is 21.6. The average molecular weight is 428 g/mol. The SMILES string of the molecule is Cc1c(CC(C)NC(=O)OC(C)(C)C)sc2c(NCc3ccco3)nc(C#N)nc12. The Bertz CT molecular complexity index is 1080. The number of hydrogen-bond donors (Lipinski definition) is 2. The highest BCUT2D eigenvalue weighted by atomic mass is 32.1. The Morgan fingerprint density at radius 1 is 1.40 bits per heavy atom. The van der Waals surface area contributed by atoms with Crippen molar-refractivity contribution in [2.75, 3.05) is 5.32 Å². The van der Waals surface area contributed by atoms with Crippen molar-refractivity contribution in [2.24, 2.45) is 0 Å². The maximum atomic E-state index is 12.0. The molecule has 0 aliphatic heterocycles. The Balaban J connectivity index is 1.82. The molecule has 1 unspecified atom stereocenters. The highest BCUT2D eigenvalue weighted by molar-refractivity contribution is 7.19. The van der Waals surface area contributed by atoms with E-state index in [-0.39, 0.29) is 11.9 Å². The Morgan fingerprint density at radius 2 is 2.17 bits per heavy atom. The number of carbonyl (C=O) groups is 1. The molecule has 1 amide bonds. The number of thiophene rings is 1. The van der Waals surface area contributed by atoms with E-state index in [2.05, 4.69) is 20.6 Å². The van der Waals surface area contributed by atoms with Crippen molar-refractivity contribution in [1.29, 1.82) is 5.26 Å². The minimum atomic E-state index is -0.546. The first-order valence-corrected chi connectivity index (χ1v) is 10.4. The number of ether oxygens (including phenoxy) is 1. The third-order valence-corrected chi connectivity index (χ3v) is 5.54. The quantitative estimate of drug-likeness (QED) is 0.594. The molecule has 0 saturated carbocycles. The summed E-state index contributed by atoms with van der Waals surface area (Å²) in [5.41, 5.74) is 1.18. The molecule has 9 heteroatoms. The molecule has 3 aromatic heterocycles. The molecule has 3 aromatic rings. The van der Waals surface area contributed by atoms with Crippen LogP contribution in [-0.2, 0) is 17.7 Å². The minimum Gasteiger partial charge on any atom is -0.467 e. The van der Waals surface area contributed by atoms with Gasteiger partial charge in [-0.2, -0.15) is 5.26 Å². The second-order valence-corrected chi connectivity index (χ2v) is 9.13. The molecule has 0 aliphatic rings. The lowest BCUT2D eigenvalue weighted by molar-refractivity contribution is 0.0508. The molecule has 30 heavy (non-hydrogen) atoms. The second-order valence-electron chi connectivity index (χ2n) is 8.02. The van der Waals surface area contributed by atoms with Gasteiger partial charge >= 0.3 is 6.09 Å². The molecule has 0 spiro atoms. The van der Waals surface area contributed by atoms with E-state index in [1.54, 1.807) is 17.6 Å². The molecule has 0 aromatic carbocycles. The van der Waals surface area contributed by atoms with Crippen LogP contribution < -0.4 is 10.6 Å². The van der Waals surface area contributed by atoms with Crippen LogP contribution in [0.5, 0.6) is 0 Å². The highest BCUT2D eigenvalue weighted by Crippen LogP contribution is 2.35. The number of fused-ring (bicyclic) bond motifs is 1. The molecule has 1 atom stereocenters. The molecular weight excluding hydrogens is 402 g/mol. The molecule has 0 bridgehead atoms. The predicted octanol–water partition coefficient (Wildman–Crippen LogP) is 4.53. The fourth-order valence-electron chi connectivity index (χ4n) is 2.92. The first-order valence-electron chi connectivity index (χ1n) is 9.62. The van der Waals surface area contributed by atoms with E-state index < -0.39 is 11.7 Å². The van der Waals surface area contributed by atoms with Gasteiger partial charge in [0.15, 0.2) is 0 Å². The standard InChI is InChI=1S/C21H25N5O3S/c1-12(24-20(27)29-21(3,4)5)9-15-13(2)17-18(30-15)19(26-16(10-22)25-17)23-11-14-7-6-8-28-14/h6-8,12H,9,11H2,1-5H3,(H,24,27)(H,23,25,26). The Hall–Kier alpha value is -3.12. The zero-order valence-corrected chi connectivity index (χ0v) is 18.5. The van der Waals surface area contributed by atoms with Gasteiger partial charge in [-0.25, -0.2) is 14.8 Å². The number of hydrogen-bond acceptors (Lipinski definition) is 8. The zero-order chi connectivity index (χ0) is 21.9. The third-order valence-electron chi connectivity index (χ3n) is 4.23. The number of amides is 1. The van der Waals surface area contributed by atoms with Crippen molar-refractivity contribution in [3.8, 4) is 6.07 Å². The van der Waals surface area contributed by atoms with Gasteiger partial charge in [0.25, 0.3) is 0 Å². The van der Waals surface area contributed by atoms with Crippen LogP contribution in [0, 0.1) is 18.3 Å². The second kappa shape index (κ2) is 8.71. The fourth-order valence-corrected chi connectivity index (χ4v) is 4.26. The molecule has 0 aliphatic carbocycles. The van der Waals surface area contributed by atoms with Crippen molar-refractivity contribution in [3.63, 3.8) is 0 Å². The van der Waals surface area contributed by atoms with Crippen LogP contribution in [0.1, 0.15) is 49.7 Å². The summed E-state index contributed by atoms with van der Waals surface area (Å²) in [6.07, 6.45) is 1.78. The number of nitrogens with zero attached hydrogens (tertiary/aromatic N) is 3. The third kappa shape index (κ3) is 5.27. The Kier molecular flexibility index (Phi) is 6.27. The largest absolute Gasteiger partial charge is 0.467 e. The Labute approximate surface area is 179 Å². The summed E-state index contributed by atoms with van der Waals surface area (Å²) in [5.74, 6) is 1.47. The van der Waals surface area contributed by atoms with Crippen molar-refractivity contribution in [1.82, 2.24) is 15.3 Å². The summed E-state index contributed by atoms with van der Waals surface area (Å²) in [7, 11) is 0. The number of alkyl carbamates (subject to hydrolysis) is 1. The minimum absolute atomic E-state index is 0.108. The normalized spacial score (nSPS) is 12.4. The highest BCUT2D eigenvalue weighted by Gasteiger charge is 2.21. The summed E-state index contributed by atoms with van der Waals surface area (Å²) in [6, 6.07) is 5.58. The number of rotatable bonds is 6. The summed E-state index contributed by atoms with van der Waals surface area (Å²) in [6.45, 7) is 9.84. The van der Waals surface area contributed by atoms with E-state index in [9.17, 15) is 10.1 Å². The van der Waals surface area contributed by atoms with Crippen LogP contribution in [-0.4, -0.2) is 27.7 Å². The molecule has 2 N–H and O–H groups in total. The first-order chi connectivity index (χ1) is 14.2. The lowest BCUT2D eigenvalue weighted by Gasteiger charge is -2.21. The van der Waals surface area contributed by atoms with Crippen molar-refractivity contribution >= 4 is 33.5 Å². The van der Waals surface area contributed by atoms with Gasteiger partial charge in [-0.15, -0.1) is 11.3 Å². The van der Waals surface area contributed by atoms with E-state index in [0.29, 0.717) is 18.8 Å². The van der Waals surface area contributed by atoms with E-state index >= 15 is 0 Å². The smallest absolute Gasteiger partial charge is 0.407 e. The summed E-state index contributed by atoms with van der Waals surface area (Å²) >= 11 is 1.56. The monoisotopic (exact) mass is 427 g/mol. The van der Waals surface area contributed by atoms with Crippen LogP contribution in [0.3, 0.4) is 0 Å².